The zero-order valence-corrected chi connectivity index (χ0v) is 10.4. The minimum Gasteiger partial charge on any atom is -0.292 e. The number of hydrogen-bond acceptors (Lipinski definition) is 3. The molecule has 0 N–H and O–H groups in total. The summed E-state index contributed by atoms with van der Waals surface area (Å²) in [5.41, 5.74) is 0. The van der Waals surface area contributed by atoms with Gasteiger partial charge in [0, 0.05) is 41.4 Å². The highest BCUT2D eigenvalue weighted by Gasteiger charge is 2.21. The molecule has 1 saturated heterocycles. The van der Waals surface area contributed by atoms with Crippen molar-refractivity contribution >= 4 is 34.7 Å². The summed E-state index contributed by atoms with van der Waals surface area (Å²) in [6, 6.07) is 4.89. The van der Waals surface area contributed by atoms with Gasteiger partial charge in [-0.25, -0.2) is 0 Å². The van der Waals surface area contributed by atoms with Crippen LogP contribution < -0.4 is 0 Å². The molecule has 1 nitrogen and oxygen atoms in total. The van der Waals surface area contributed by atoms with Crippen molar-refractivity contribution in [3.63, 3.8) is 0 Å². The van der Waals surface area contributed by atoms with Crippen molar-refractivity contribution in [1.82, 2.24) is 4.90 Å². The van der Waals surface area contributed by atoms with Gasteiger partial charge in [0.15, 0.2) is 0 Å². The minimum atomic E-state index is 0.567. The summed E-state index contributed by atoms with van der Waals surface area (Å²) in [5, 5.41) is 2.14. The van der Waals surface area contributed by atoms with E-state index in [0.29, 0.717) is 6.04 Å². The molecule has 0 spiro atoms. The van der Waals surface area contributed by atoms with Crippen LogP contribution in [0.5, 0.6) is 0 Å². The van der Waals surface area contributed by atoms with E-state index in [2.05, 4.69) is 22.4 Å². The first-order valence-corrected chi connectivity index (χ1v) is 7.37. The lowest BCUT2D eigenvalue weighted by Crippen LogP contribution is -2.42. The average Bonchev–Trinajstić information content (AvgIpc) is 2.71. The fraction of sp³-hybridized carbons (Fsp3) is 0.600. The second-order valence-electron chi connectivity index (χ2n) is 3.43. The molecular weight excluding hydrogens is 234 g/mol. The SMILES string of the molecule is ClCC1CSCCN1Cc1cccs1. The van der Waals surface area contributed by atoms with E-state index in [0.717, 1.165) is 12.4 Å². The summed E-state index contributed by atoms with van der Waals surface area (Å²) in [7, 11) is 0. The van der Waals surface area contributed by atoms with Crippen molar-refractivity contribution < 1.29 is 0 Å². The first kappa shape index (κ1) is 10.8. The Balaban J connectivity index is 1.94. The predicted octanol–water partition coefficient (Wildman–Crippen LogP) is 2.90. The van der Waals surface area contributed by atoms with Gasteiger partial charge < -0.3 is 0 Å². The maximum atomic E-state index is 5.96. The Kier molecular flexibility index (Phi) is 4.17. The number of hydrogen-bond donors (Lipinski definition) is 0. The van der Waals surface area contributed by atoms with Crippen molar-refractivity contribution in [2.45, 2.75) is 12.6 Å². The summed E-state index contributed by atoms with van der Waals surface area (Å²) in [6.07, 6.45) is 0. The summed E-state index contributed by atoms with van der Waals surface area (Å²) in [6.45, 7) is 2.26. The fourth-order valence-electron chi connectivity index (χ4n) is 1.64. The highest BCUT2D eigenvalue weighted by molar-refractivity contribution is 7.99. The molecule has 4 heteroatoms. The molecule has 1 atom stereocenters. The Morgan fingerprint density at radius 2 is 2.50 bits per heavy atom. The van der Waals surface area contributed by atoms with Crippen molar-refractivity contribution in [2.24, 2.45) is 0 Å². The number of rotatable bonds is 3. The average molecular weight is 248 g/mol. The third kappa shape index (κ3) is 2.66. The van der Waals surface area contributed by atoms with Crippen LogP contribution in [0.2, 0.25) is 0 Å². The molecule has 1 aliphatic rings. The Labute approximate surface area is 98.4 Å². The minimum absolute atomic E-state index is 0.567. The third-order valence-corrected chi connectivity index (χ3v) is 4.78. The molecule has 1 aliphatic heterocycles. The van der Waals surface area contributed by atoms with Crippen LogP contribution in [-0.4, -0.2) is 34.9 Å². The van der Waals surface area contributed by atoms with E-state index >= 15 is 0 Å². The molecule has 14 heavy (non-hydrogen) atoms. The lowest BCUT2D eigenvalue weighted by Gasteiger charge is -2.33. The molecule has 1 unspecified atom stereocenters. The third-order valence-electron chi connectivity index (χ3n) is 2.47. The molecule has 0 aliphatic carbocycles. The van der Waals surface area contributed by atoms with E-state index in [4.69, 9.17) is 11.6 Å². The van der Waals surface area contributed by atoms with E-state index in [9.17, 15) is 0 Å². The molecular formula is C10H14ClNS2. The van der Waals surface area contributed by atoms with Gasteiger partial charge in [-0.05, 0) is 11.4 Å². The topological polar surface area (TPSA) is 3.24 Å². The Morgan fingerprint density at radius 3 is 3.21 bits per heavy atom. The number of alkyl halides is 1. The van der Waals surface area contributed by atoms with E-state index in [1.54, 1.807) is 0 Å². The molecule has 78 valence electrons. The highest BCUT2D eigenvalue weighted by Crippen LogP contribution is 2.21. The van der Waals surface area contributed by atoms with Gasteiger partial charge in [-0.2, -0.15) is 11.8 Å². The van der Waals surface area contributed by atoms with Crippen LogP contribution in [0.3, 0.4) is 0 Å². The predicted molar refractivity (Wildman–Crippen MR) is 66.6 cm³/mol. The normalized spacial score (nSPS) is 23.9. The molecule has 1 aromatic heterocycles. The van der Waals surface area contributed by atoms with Crippen LogP contribution in [0.4, 0.5) is 0 Å². The summed E-state index contributed by atoms with van der Waals surface area (Å²) >= 11 is 9.82. The van der Waals surface area contributed by atoms with E-state index in [1.165, 1.54) is 22.9 Å². The molecule has 0 bridgehead atoms. The summed E-state index contributed by atoms with van der Waals surface area (Å²) in [4.78, 5) is 3.96. The zero-order valence-electron chi connectivity index (χ0n) is 7.99. The van der Waals surface area contributed by atoms with Gasteiger partial charge in [0.1, 0.15) is 0 Å². The Morgan fingerprint density at radius 1 is 1.57 bits per heavy atom. The van der Waals surface area contributed by atoms with Gasteiger partial charge in [0.25, 0.3) is 0 Å². The zero-order chi connectivity index (χ0) is 9.80. The standard InChI is InChI=1S/C10H14ClNS2/c11-6-9-8-13-5-3-12(9)7-10-2-1-4-14-10/h1-2,4,9H,3,5-8H2. The Bertz CT molecular complexity index is 263. The smallest absolute Gasteiger partial charge is 0.0387 e. The van der Waals surface area contributed by atoms with Gasteiger partial charge in [-0.15, -0.1) is 22.9 Å². The van der Waals surface area contributed by atoms with Gasteiger partial charge in [-0.1, -0.05) is 6.07 Å². The van der Waals surface area contributed by atoms with Crippen molar-refractivity contribution in [1.29, 1.82) is 0 Å². The van der Waals surface area contributed by atoms with Gasteiger partial charge >= 0.3 is 0 Å². The summed E-state index contributed by atoms with van der Waals surface area (Å²) < 4.78 is 0. The second kappa shape index (κ2) is 5.40. The number of thiophene rings is 1. The maximum Gasteiger partial charge on any atom is 0.0387 e. The van der Waals surface area contributed by atoms with Crippen LogP contribution in [0.15, 0.2) is 17.5 Å². The molecule has 1 aromatic rings. The van der Waals surface area contributed by atoms with Crippen molar-refractivity contribution in [3.8, 4) is 0 Å². The highest BCUT2D eigenvalue weighted by atomic mass is 35.5. The van der Waals surface area contributed by atoms with Crippen LogP contribution in [0.25, 0.3) is 0 Å². The van der Waals surface area contributed by atoms with Gasteiger partial charge in [0.05, 0.1) is 0 Å². The van der Waals surface area contributed by atoms with Gasteiger partial charge in [0.2, 0.25) is 0 Å². The Hall–Kier alpha value is 0.300. The van der Waals surface area contributed by atoms with Crippen molar-refractivity contribution in [3.05, 3.63) is 22.4 Å². The fourth-order valence-corrected chi connectivity index (χ4v) is 3.94. The number of thioether (sulfide) groups is 1. The van der Waals surface area contributed by atoms with Crippen LogP contribution in [0.1, 0.15) is 4.88 Å². The number of nitrogens with zero attached hydrogens (tertiary/aromatic N) is 1. The van der Waals surface area contributed by atoms with Crippen LogP contribution in [0, 0.1) is 0 Å². The second-order valence-corrected chi connectivity index (χ2v) is 5.92. The summed E-state index contributed by atoms with van der Waals surface area (Å²) in [5.74, 6) is 3.20. The molecule has 2 heterocycles. The van der Waals surface area contributed by atoms with Crippen LogP contribution in [-0.2, 0) is 6.54 Å². The number of halogens is 1. The lowest BCUT2D eigenvalue weighted by molar-refractivity contribution is 0.228. The van der Waals surface area contributed by atoms with Crippen LogP contribution >= 0.6 is 34.7 Å². The molecule has 0 radical (unpaired) electrons. The molecule has 2 rings (SSSR count). The van der Waals surface area contributed by atoms with E-state index in [1.807, 2.05) is 23.1 Å². The lowest BCUT2D eigenvalue weighted by atomic mass is 10.3. The monoisotopic (exact) mass is 247 g/mol. The molecule has 0 aromatic carbocycles. The quantitative estimate of drug-likeness (QED) is 0.756. The first-order valence-electron chi connectivity index (χ1n) is 4.80. The first-order chi connectivity index (χ1) is 6.90. The maximum absolute atomic E-state index is 5.96. The molecule has 0 saturated carbocycles. The molecule has 1 fully saturated rings. The largest absolute Gasteiger partial charge is 0.292 e. The van der Waals surface area contributed by atoms with E-state index < -0.39 is 0 Å². The van der Waals surface area contributed by atoms with E-state index in [-0.39, 0.29) is 0 Å². The van der Waals surface area contributed by atoms with Gasteiger partial charge in [-0.3, -0.25) is 4.90 Å². The van der Waals surface area contributed by atoms with Crippen molar-refractivity contribution in [2.75, 3.05) is 23.9 Å². The molecule has 0 amide bonds.